The fourth-order valence-corrected chi connectivity index (χ4v) is 2.65. The van der Waals surface area contributed by atoms with Crippen LogP contribution in [0, 0.1) is 0 Å². The quantitative estimate of drug-likeness (QED) is 0.475. The maximum atomic E-state index is 5.91. The predicted octanol–water partition coefficient (Wildman–Crippen LogP) is 0.711. The topological polar surface area (TPSA) is 57.9 Å². The smallest absolute Gasteiger partial charge is 0.194 e. The Morgan fingerprint density at radius 2 is 2.35 bits per heavy atom. The molecule has 0 spiro atoms. The molecule has 1 aliphatic rings. The van der Waals surface area contributed by atoms with Crippen LogP contribution < -0.4 is 5.32 Å². The molecule has 0 aromatic carbocycles. The fourth-order valence-electron chi connectivity index (χ4n) is 2.65. The average molecular weight is 322 g/mol. The Hall–Kier alpha value is -1.60. The van der Waals surface area contributed by atoms with Gasteiger partial charge in [0.05, 0.1) is 19.3 Å². The van der Waals surface area contributed by atoms with Gasteiger partial charge in [0.2, 0.25) is 0 Å². The fraction of sp³-hybridized carbons (Fsp3) is 0.750. The third-order valence-corrected chi connectivity index (χ3v) is 3.82. The normalized spacial score (nSPS) is 19.4. The molecule has 0 aliphatic carbocycles. The molecular weight excluding hydrogens is 292 g/mol. The number of guanidine groups is 1. The predicted molar refractivity (Wildman–Crippen MR) is 92.6 cm³/mol. The lowest BCUT2D eigenvalue weighted by molar-refractivity contribution is -0.00804. The summed E-state index contributed by atoms with van der Waals surface area (Å²) in [5.74, 6) is 0.989. The summed E-state index contributed by atoms with van der Waals surface area (Å²) >= 11 is 0. The molecule has 0 saturated carbocycles. The number of hydrogen-bond acceptors (Lipinski definition) is 4. The molecule has 2 rings (SSSR count). The van der Waals surface area contributed by atoms with Crippen molar-refractivity contribution in [3.8, 4) is 0 Å². The second kappa shape index (κ2) is 8.88. The number of ether oxygens (including phenoxy) is 1. The van der Waals surface area contributed by atoms with Gasteiger partial charge in [-0.3, -0.25) is 9.67 Å². The minimum absolute atomic E-state index is 0.0584. The van der Waals surface area contributed by atoms with E-state index in [2.05, 4.69) is 41.2 Å². The summed E-state index contributed by atoms with van der Waals surface area (Å²) < 4.78 is 7.73. The second-order valence-electron chi connectivity index (χ2n) is 6.15. The maximum Gasteiger partial charge on any atom is 0.194 e. The maximum absolute atomic E-state index is 5.91. The van der Waals surface area contributed by atoms with E-state index in [9.17, 15) is 0 Å². The summed E-state index contributed by atoms with van der Waals surface area (Å²) in [6, 6.07) is 0. The molecule has 1 aromatic rings. The number of aliphatic imine (C=N–C) groups is 1. The molecule has 2 heterocycles. The lowest BCUT2D eigenvalue weighted by Crippen LogP contribution is -2.48. The number of aromatic nitrogens is 2. The van der Waals surface area contributed by atoms with Crippen LogP contribution in [0.2, 0.25) is 0 Å². The summed E-state index contributed by atoms with van der Waals surface area (Å²) in [5, 5.41) is 7.65. The first kappa shape index (κ1) is 17.7. The largest absolute Gasteiger partial charge is 0.370 e. The number of nitrogens with one attached hydrogen (secondary N) is 1. The van der Waals surface area contributed by atoms with Crippen molar-refractivity contribution in [1.29, 1.82) is 0 Å². The van der Waals surface area contributed by atoms with Gasteiger partial charge in [0.25, 0.3) is 0 Å². The number of morpholine rings is 1. The van der Waals surface area contributed by atoms with Crippen LogP contribution in [0.3, 0.4) is 0 Å². The molecule has 0 bridgehead atoms. The zero-order valence-electron chi connectivity index (χ0n) is 14.8. The highest BCUT2D eigenvalue weighted by molar-refractivity contribution is 5.80. The van der Waals surface area contributed by atoms with Gasteiger partial charge in [0.15, 0.2) is 5.96 Å². The highest BCUT2D eigenvalue weighted by Gasteiger charge is 2.25. The van der Waals surface area contributed by atoms with Gasteiger partial charge in [-0.1, -0.05) is 0 Å². The number of aryl methyl sites for hydroxylation is 1. The van der Waals surface area contributed by atoms with Crippen molar-refractivity contribution >= 4 is 5.96 Å². The van der Waals surface area contributed by atoms with E-state index in [-0.39, 0.29) is 6.10 Å². The van der Waals surface area contributed by atoms with Gasteiger partial charge in [-0.15, -0.1) is 0 Å². The first-order valence-electron chi connectivity index (χ1n) is 8.38. The summed E-state index contributed by atoms with van der Waals surface area (Å²) in [4.78, 5) is 9.25. The Morgan fingerprint density at radius 1 is 1.52 bits per heavy atom. The lowest BCUT2D eigenvalue weighted by atomic mass is 10.1. The van der Waals surface area contributed by atoms with E-state index >= 15 is 0 Å². The first-order chi connectivity index (χ1) is 11.1. The molecule has 1 aliphatic heterocycles. The van der Waals surface area contributed by atoms with Crippen molar-refractivity contribution in [2.45, 2.75) is 19.4 Å². The van der Waals surface area contributed by atoms with Crippen molar-refractivity contribution in [3.05, 3.63) is 18.0 Å². The van der Waals surface area contributed by atoms with Gasteiger partial charge in [-0.2, -0.15) is 5.10 Å². The van der Waals surface area contributed by atoms with E-state index in [0.29, 0.717) is 6.61 Å². The molecule has 1 N–H and O–H groups in total. The van der Waals surface area contributed by atoms with Crippen molar-refractivity contribution in [1.82, 2.24) is 24.9 Å². The Labute approximate surface area is 139 Å². The third-order valence-electron chi connectivity index (χ3n) is 3.82. The van der Waals surface area contributed by atoms with E-state index in [1.54, 1.807) is 0 Å². The van der Waals surface area contributed by atoms with Crippen LogP contribution >= 0.6 is 0 Å². The molecule has 7 nitrogen and oxygen atoms in total. The zero-order chi connectivity index (χ0) is 16.7. The molecule has 0 radical (unpaired) electrons. The van der Waals surface area contributed by atoms with E-state index < -0.39 is 0 Å². The molecule has 0 amide bonds. The third kappa shape index (κ3) is 5.51. The molecule has 1 unspecified atom stereocenters. The highest BCUT2D eigenvalue weighted by atomic mass is 16.5. The van der Waals surface area contributed by atoms with E-state index in [0.717, 1.165) is 50.7 Å². The Balaban J connectivity index is 1.96. The lowest BCUT2D eigenvalue weighted by Gasteiger charge is -2.34. The molecule has 1 aromatic heterocycles. The first-order valence-corrected chi connectivity index (χ1v) is 8.38. The molecular formula is C16H30N6O. The molecule has 130 valence electrons. The van der Waals surface area contributed by atoms with Gasteiger partial charge in [0, 0.05) is 38.4 Å². The number of rotatable bonds is 6. The number of nitrogens with zero attached hydrogens (tertiary/aromatic N) is 5. The summed E-state index contributed by atoms with van der Waals surface area (Å²) in [6.45, 7) is 7.28. The molecule has 1 saturated heterocycles. The van der Waals surface area contributed by atoms with Crippen LogP contribution in [-0.4, -0.2) is 79.0 Å². The SMILES string of the molecule is CCNC(=NCCCN(C)C)N1CCOC(c2cnn(C)c2)C1. The van der Waals surface area contributed by atoms with Crippen LogP contribution in [0.5, 0.6) is 0 Å². The molecule has 1 atom stereocenters. The van der Waals surface area contributed by atoms with Gasteiger partial charge in [-0.25, -0.2) is 0 Å². The van der Waals surface area contributed by atoms with Crippen LogP contribution in [0.1, 0.15) is 25.0 Å². The minimum Gasteiger partial charge on any atom is -0.370 e. The highest BCUT2D eigenvalue weighted by Crippen LogP contribution is 2.21. The summed E-state index contributed by atoms with van der Waals surface area (Å²) in [7, 11) is 6.12. The van der Waals surface area contributed by atoms with Gasteiger partial charge in [0.1, 0.15) is 6.10 Å². The Bertz CT molecular complexity index is 499. The van der Waals surface area contributed by atoms with Gasteiger partial charge < -0.3 is 19.9 Å². The number of hydrogen-bond donors (Lipinski definition) is 1. The van der Waals surface area contributed by atoms with Crippen molar-refractivity contribution < 1.29 is 4.74 Å². The molecule has 23 heavy (non-hydrogen) atoms. The molecule has 7 heteroatoms. The second-order valence-corrected chi connectivity index (χ2v) is 6.15. The van der Waals surface area contributed by atoms with Gasteiger partial charge >= 0.3 is 0 Å². The van der Waals surface area contributed by atoms with Crippen LogP contribution in [-0.2, 0) is 11.8 Å². The van der Waals surface area contributed by atoms with Crippen molar-refractivity contribution in [3.63, 3.8) is 0 Å². The Morgan fingerprint density at radius 3 is 3.00 bits per heavy atom. The zero-order valence-corrected chi connectivity index (χ0v) is 14.8. The minimum atomic E-state index is 0.0584. The van der Waals surface area contributed by atoms with Crippen LogP contribution in [0.25, 0.3) is 0 Å². The van der Waals surface area contributed by atoms with E-state index in [1.165, 1.54) is 0 Å². The summed E-state index contributed by atoms with van der Waals surface area (Å²) in [6.07, 6.45) is 5.03. The van der Waals surface area contributed by atoms with Gasteiger partial charge in [-0.05, 0) is 34.0 Å². The summed E-state index contributed by atoms with van der Waals surface area (Å²) in [5.41, 5.74) is 1.13. The van der Waals surface area contributed by atoms with Crippen LogP contribution in [0.15, 0.2) is 17.4 Å². The standard InChI is InChI=1S/C16H30N6O/c1-5-17-16(18-7-6-8-20(2)3)22-9-10-23-15(13-22)14-11-19-21(4)12-14/h11-12,15H,5-10,13H2,1-4H3,(H,17,18). The van der Waals surface area contributed by atoms with E-state index in [1.807, 2.05) is 24.1 Å². The van der Waals surface area contributed by atoms with Crippen molar-refractivity contribution in [2.24, 2.45) is 12.0 Å². The molecule has 1 fully saturated rings. The monoisotopic (exact) mass is 322 g/mol. The van der Waals surface area contributed by atoms with Crippen molar-refractivity contribution in [2.75, 3.05) is 53.4 Å². The van der Waals surface area contributed by atoms with Crippen LogP contribution in [0.4, 0.5) is 0 Å². The average Bonchev–Trinajstić information content (AvgIpc) is 2.97. The van der Waals surface area contributed by atoms with E-state index in [4.69, 9.17) is 9.73 Å². The Kier molecular flexibility index (Phi) is 6.85.